The van der Waals surface area contributed by atoms with Gasteiger partial charge in [0, 0.05) is 19.2 Å². The summed E-state index contributed by atoms with van der Waals surface area (Å²) in [5.41, 5.74) is 0. The van der Waals surface area contributed by atoms with E-state index in [0.29, 0.717) is 28.9 Å². The Morgan fingerprint density at radius 1 is 1.42 bits per heavy atom. The normalized spacial score (nSPS) is 19.3. The number of ether oxygens (including phenoxy) is 1. The van der Waals surface area contributed by atoms with Crippen LogP contribution in [0.4, 0.5) is 0 Å². The largest absolute Gasteiger partial charge is 0.484 e. The zero-order valence-corrected chi connectivity index (χ0v) is 11.8. The van der Waals surface area contributed by atoms with E-state index >= 15 is 0 Å². The minimum absolute atomic E-state index is 0.0648. The van der Waals surface area contributed by atoms with Crippen molar-refractivity contribution in [3.63, 3.8) is 0 Å². The number of β-amino-alcohol motifs (C(OH)–C–C–N with tert-alkyl or cyclic N) is 1. The van der Waals surface area contributed by atoms with Crippen LogP contribution in [0.2, 0.25) is 10.0 Å². The standard InChI is InChI=1S/C13H15Cl2NO3/c14-11-4-3-10(6-12(11)15)19-8-13(18)16-5-1-2-9(17)7-16/h3-4,6,9,17H,1-2,5,7-8H2/t9-/m0/s1. The van der Waals surface area contributed by atoms with Gasteiger partial charge in [0.05, 0.1) is 16.1 Å². The van der Waals surface area contributed by atoms with E-state index in [1.54, 1.807) is 23.1 Å². The van der Waals surface area contributed by atoms with Crippen molar-refractivity contribution >= 4 is 29.1 Å². The molecule has 0 radical (unpaired) electrons. The van der Waals surface area contributed by atoms with Crippen molar-refractivity contribution in [2.45, 2.75) is 18.9 Å². The third kappa shape index (κ3) is 4.00. The molecule has 19 heavy (non-hydrogen) atoms. The third-order valence-corrected chi connectivity index (χ3v) is 3.74. The van der Waals surface area contributed by atoms with Crippen LogP contribution in [-0.4, -0.2) is 41.7 Å². The molecule has 104 valence electrons. The van der Waals surface area contributed by atoms with Crippen molar-refractivity contribution in [3.05, 3.63) is 28.2 Å². The summed E-state index contributed by atoms with van der Waals surface area (Å²) in [5.74, 6) is 0.366. The Bertz CT molecular complexity index is 467. The molecule has 0 bridgehead atoms. The van der Waals surface area contributed by atoms with Gasteiger partial charge in [-0.25, -0.2) is 0 Å². The molecular weight excluding hydrogens is 289 g/mol. The van der Waals surface area contributed by atoms with E-state index in [1.165, 1.54) is 0 Å². The summed E-state index contributed by atoms with van der Waals surface area (Å²) >= 11 is 11.6. The Kier molecular flexibility index (Phi) is 4.91. The molecular formula is C13H15Cl2NO3. The number of carbonyl (C=O) groups is 1. The number of benzene rings is 1. The predicted octanol–water partition coefficient (Wildman–Crippen LogP) is 2.36. The number of hydrogen-bond acceptors (Lipinski definition) is 3. The Morgan fingerprint density at radius 2 is 2.21 bits per heavy atom. The summed E-state index contributed by atoms with van der Waals surface area (Å²) in [7, 11) is 0. The third-order valence-electron chi connectivity index (χ3n) is 3.00. The zero-order valence-electron chi connectivity index (χ0n) is 10.3. The monoisotopic (exact) mass is 303 g/mol. The van der Waals surface area contributed by atoms with Crippen LogP contribution in [0.3, 0.4) is 0 Å². The van der Waals surface area contributed by atoms with Crippen molar-refractivity contribution in [1.82, 2.24) is 4.90 Å². The van der Waals surface area contributed by atoms with Crippen LogP contribution in [0, 0.1) is 0 Å². The lowest BCUT2D eigenvalue weighted by Gasteiger charge is -2.30. The fourth-order valence-corrected chi connectivity index (χ4v) is 2.27. The van der Waals surface area contributed by atoms with Gasteiger partial charge in [0.2, 0.25) is 0 Å². The van der Waals surface area contributed by atoms with Gasteiger partial charge in [-0.3, -0.25) is 4.79 Å². The Labute approximate surface area is 121 Å². The van der Waals surface area contributed by atoms with E-state index in [0.717, 1.165) is 12.8 Å². The molecule has 1 aliphatic rings. The van der Waals surface area contributed by atoms with Crippen LogP contribution in [-0.2, 0) is 4.79 Å². The van der Waals surface area contributed by atoms with Gasteiger partial charge in [-0.05, 0) is 25.0 Å². The lowest BCUT2D eigenvalue weighted by atomic mass is 10.1. The highest BCUT2D eigenvalue weighted by atomic mass is 35.5. The molecule has 2 rings (SSSR count). The first-order valence-electron chi connectivity index (χ1n) is 6.10. The van der Waals surface area contributed by atoms with Crippen LogP contribution < -0.4 is 4.74 Å². The lowest BCUT2D eigenvalue weighted by Crippen LogP contribution is -2.44. The van der Waals surface area contributed by atoms with Gasteiger partial charge in [-0.1, -0.05) is 23.2 Å². The first kappa shape index (κ1) is 14.4. The highest BCUT2D eigenvalue weighted by Gasteiger charge is 2.22. The number of aliphatic hydroxyl groups is 1. The number of halogens is 2. The highest BCUT2D eigenvalue weighted by Crippen LogP contribution is 2.26. The van der Waals surface area contributed by atoms with E-state index in [-0.39, 0.29) is 12.5 Å². The summed E-state index contributed by atoms with van der Waals surface area (Å²) in [6.07, 6.45) is 1.14. The zero-order chi connectivity index (χ0) is 13.8. The molecule has 0 aliphatic carbocycles. The molecule has 1 heterocycles. The number of piperidine rings is 1. The Morgan fingerprint density at radius 3 is 2.89 bits per heavy atom. The summed E-state index contributed by atoms with van der Waals surface area (Å²) in [6, 6.07) is 4.85. The molecule has 1 amide bonds. The second kappa shape index (κ2) is 6.46. The number of nitrogens with zero attached hydrogens (tertiary/aromatic N) is 1. The number of aliphatic hydroxyl groups excluding tert-OH is 1. The van der Waals surface area contributed by atoms with Gasteiger partial charge < -0.3 is 14.7 Å². The molecule has 1 aliphatic heterocycles. The van der Waals surface area contributed by atoms with E-state index in [4.69, 9.17) is 27.9 Å². The number of hydrogen-bond donors (Lipinski definition) is 1. The molecule has 0 unspecified atom stereocenters. The topological polar surface area (TPSA) is 49.8 Å². The van der Waals surface area contributed by atoms with Gasteiger partial charge >= 0.3 is 0 Å². The SMILES string of the molecule is O=C(COc1ccc(Cl)c(Cl)c1)N1CCC[C@H](O)C1. The number of amides is 1. The maximum Gasteiger partial charge on any atom is 0.260 e. The average Bonchev–Trinajstić information content (AvgIpc) is 2.40. The molecule has 6 heteroatoms. The molecule has 1 N–H and O–H groups in total. The van der Waals surface area contributed by atoms with Crippen molar-refractivity contribution < 1.29 is 14.6 Å². The first-order valence-corrected chi connectivity index (χ1v) is 6.85. The second-order valence-electron chi connectivity index (χ2n) is 4.50. The number of likely N-dealkylation sites (tertiary alicyclic amines) is 1. The van der Waals surface area contributed by atoms with Gasteiger partial charge in [0.25, 0.3) is 5.91 Å². The molecule has 1 saturated heterocycles. The van der Waals surface area contributed by atoms with Crippen molar-refractivity contribution in [2.75, 3.05) is 19.7 Å². The van der Waals surface area contributed by atoms with Crippen molar-refractivity contribution in [3.8, 4) is 5.75 Å². The maximum absolute atomic E-state index is 11.9. The highest BCUT2D eigenvalue weighted by molar-refractivity contribution is 6.42. The lowest BCUT2D eigenvalue weighted by molar-refractivity contribution is -0.136. The number of rotatable bonds is 3. The van der Waals surface area contributed by atoms with Crippen LogP contribution in [0.5, 0.6) is 5.75 Å². The summed E-state index contributed by atoms with van der Waals surface area (Å²) in [5, 5.41) is 10.3. The van der Waals surface area contributed by atoms with Gasteiger partial charge in [-0.2, -0.15) is 0 Å². The van der Waals surface area contributed by atoms with Crippen LogP contribution in [0.15, 0.2) is 18.2 Å². The van der Waals surface area contributed by atoms with Gasteiger partial charge in [0.1, 0.15) is 5.75 Å². The fourth-order valence-electron chi connectivity index (χ4n) is 1.98. The maximum atomic E-state index is 11.9. The van der Waals surface area contributed by atoms with Crippen molar-refractivity contribution in [2.24, 2.45) is 0 Å². The minimum atomic E-state index is -0.428. The molecule has 1 atom stereocenters. The smallest absolute Gasteiger partial charge is 0.260 e. The van der Waals surface area contributed by atoms with E-state index in [1.807, 2.05) is 0 Å². The summed E-state index contributed by atoms with van der Waals surface area (Å²) < 4.78 is 5.38. The average molecular weight is 304 g/mol. The van der Waals surface area contributed by atoms with E-state index in [2.05, 4.69) is 0 Å². The number of carbonyl (C=O) groups excluding carboxylic acids is 1. The molecule has 0 spiro atoms. The fraction of sp³-hybridized carbons (Fsp3) is 0.462. The van der Waals surface area contributed by atoms with Gasteiger partial charge in [-0.15, -0.1) is 0 Å². The first-order chi connectivity index (χ1) is 9.06. The van der Waals surface area contributed by atoms with E-state index < -0.39 is 6.10 Å². The predicted molar refractivity (Wildman–Crippen MR) is 73.8 cm³/mol. The summed E-state index contributed by atoms with van der Waals surface area (Å²) in [6.45, 7) is 0.981. The van der Waals surface area contributed by atoms with Crippen molar-refractivity contribution in [1.29, 1.82) is 0 Å². The Balaban J connectivity index is 1.87. The molecule has 1 aromatic rings. The molecule has 4 nitrogen and oxygen atoms in total. The van der Waals surface area contributed by atoms with Gasteiger partial charge in [0.15, 0.2) is 6.61 Å². The Hall–Kier alpha value is -0.970. The second-order valence-corrected chi connectivity index (χ2v) is 5.31. The molecule has 0 saturated carbocycles. The molecule has 1 aromatic carbocycles. The van der Waals surface area contributed by atoms with Crippen LogP contribution in [0.1, 0.15) is 12.8 Å². The minimum Gasteiger partial charge on any atom is -0.484 e. The molecule has 0 aromatic heterocycles. The summed E-state index contributed by atoms with van der Waals surface area (Å²) in [4.78, 5) is 13.5. The molecule has 1 fully saturated rings. The quantitative estimate of drug-likeness (QED) is 0.932. The van der Waals surface area contributed by atoms with E-state index in [9.17, 15) is 9.90 Å². The van der Waals surface area contributed by atoms with Crippen LogP contribution in [0.25, 0.3) is 0 Å². The van der Waals surface area contributed by atoms with Crippen LogP contribution >= 0.6 is 23.2 Å².